The fraction of sp³-hybridized carbons (Fsp3) is 0.462. The molecule has 0 aliphatic carbocycles. The van der Waals surface area contributed by atoms with Gasteiger partial charge in [-0.15, -0.1) is 0 Å². The average molecular weight is 264 g/mol. The molecule has 0 radical (unpaired) electrons. The molecule has 1 aromatic carbocycles. The maximum Gasteiger partial charge on any atom is 0.415 e. The van der Waals surface area contributed by atoms with Crippen LogP contribution < -0.4 is 10.6 Å². The summed E-state index contributed by atoms with van der Waals surface area (Å²) in [6, 6.07) is 7.79. The van der Waals surface area contributed by atoms with Gasteiger partial charge in [-0.3, -0.25) is 4.90 Å². The largest absolute Gasteiger partial charge is 0.440 e. The Morgan fingerprint density at radius 2 is 2.39 bits per heavy atom. The summed E-state index contributed by atoms with van der Waals surface area (Å²) in [7, 11) is 0. The van der Waals surface area contributed by atoms with Crippen molar-refractivity contribution in [1.29, 1.82) is 0 Å². The van der Waals surface area contributed by atoms with Crippen LogP contribution in [0.5, 0.6) is 0 Å². The summed E-state index contributed by atoms with van der Waals surface area (Å²) in [6.45, 7) is 1.14. The monoisotopic (exact) mass is 264 g/mol. The van der Waals surface area contributed by atoms with Crippen molar-refractivity contribution in [2.45, 2.75) is 18.6 Å². The van der Waals surface area contributed by atoms with E-state index in [0.717, 1.165) is 29.2 Å². The third kappa shape index (κ3) is 1.97. The Hall–Kier alpha value is -1.20. The number of anilines is 1. The smallest absolute Gasteiger partial charge is 0.415 e. The second-order valence-corrected chi connectivity index (χ2v) is 5.92. The van der Waals surface area contributed by atoms with Crippen molar-refractivity contribution in [3.63, 3.8) is 0 Å². The Kier molecular flexibility index (Phi) is 2.95. The highest BCUT2D eigenvalue weighted by Crippen LogP contribution is 2.38. The van der Waals surface area contributed by atoms with Crippen molar-refractivity contribution in [2.24, 2.45) is 5.73 Å². The average Bonchev–Trinajstić information content (AvgIpc) is 2.97. The van der Waals surface area contributed by atoms with Crippen molar-refractivity contribution in [2.75, 3.05) is 23.0 Å². The van der Waals surface area contributed by atoms with Crippen LogP contribution in [-0.2, 0) is 11.3 Å². The molecular weight excluding hydrogens is 248 g/mol. The van der Waals surface area contributed by atoms with Crippen molar-refractivity contribution >= 4 is 23.5 Å². The van der Waals surface area contributed by atoms with E-state index in [9.17, 15) is 4.79 Å². The zero-order valence-corrected chi connectivity index (χ0v) is 10.9. The van der Waals surface area contributed by atoms with Gasteiger partial charge < -0.3 is 10.5 Å². The number of ether oxygens (including phenoxy) is 1. The van der Waals surface area contributed by atoms with Crippen LogP contribution in [-0.4, -0.2) is 29.7 Å². The van der Waals surface area contributed by atoms with Gasteiger partial charge in [0.2, 0.25) is 0 Å². The van der Waals surface area contributed by atoms with Crippen molar-refractivity contribution in [1.82, 2.24) is 0 Å². The van der Waals surface area contributed by atoms with E-state index in [2.05, 4.69) is 0 Å². The topological polar surface area (TPSA) is 55.6 Å². The Morgan fingerprint density at radius 3 is 3.11 bits per heavy atom. The lowest BCUT2D eigenvalue weighted by atomic mass is 10.0. The van der Waals surface area contributed by atoms with Gasteiger partial charge in [0.15, 0.2) is 0 Å². The van der Waals surface area contributed by atoms with Crippen molar-refractivity contribution in [3.8, 4) is 0 Å². The number of benzene rings is 1. The SMILES string of the molecule is NCc1cccc(N2CC3(CCSC3)OC2=O)c1. The number of nitrogens with two attached hydrogens (primary N) is 1. The van der Waals surface area contributed by atoms with Gasteiger partial charge in [-0.25, -0.2) is 4.79 Å². The Labute approximate surface area is 110 Å². The molecule has 3 rings (SSSR count). The highest BCUT2D eigenvalue weighted by Gasteiger charge is 2.47. The second kappa shape index (κ2) is 4.48. The summed E-state index contributed by atoms with van der Waals surface area (Å²) in [5.41, 5.74) is 7.28. The van der Waals surface area contributed by atoms with Crippen LogP contribution in [0.2, 0.25) is 0 Å². The maximum absolute atomic E-state index is 12.0. The third-order valence-corrected chi connectivity index (χ3v) is 4.72. The van der Waals surface area contributed by atoms with E-state index in [1.54, 1.807) is 4.90 Å². The van der Waals surface area contributed by atoms with E-state index in [1.807, 2.05) is 36.0 Å². The van der Waals surface area contributed by atoms with E-state index in [4.69, 9.17) is 10.5 Å². The quantitative estimate of drug-likeness (QED) is 0.887. The summed E-state index contributed by atoms with van der Waals surface area (Å²) in [4.78, 5) is 13.7. The van der Waals surface area contributed by atoms with Gasteiger partial charge in [0, 0.05) is 18.0 Å². The van der Waals surface area contributed by atoms with Gasteiger partial charge >= 0.3 is 6.09 Å². The standard InChI is InChI=1S/C13H16N2O2S/c14-7-10-2-1-3-11(6-10)15-8-13(17-12(15)16)4-5-18-9-13/h1-3,6H,4-5,7-9,14H2. The van der Waals surface area contributed by atoms with Crippen molar-refractivity contribution in [3.05, 3.63) is 29.8 Å². The lowest BCUT2D eigenvalue weighted by Crippen LogP contribution is -2.34. The summed E-state index contributed by atoms with van der Waals surface area (Å²) < 4.78 is 5.59. The molecule has 0 saturated carbocycles. The number of amides is 1. The van der Waals surface area contributed by atoms with E-state index >= 15 is 0 Å². The Bertz CT molecular complexity index is 472. The fourth-order valence-corrected chi connectivity index (χ4v) is 3.79. The van der Waals surface area contributed by atoms with Crippen molar-refractivity contribution < 1.29 is 9.53 Å². The molecule has 96 valence electrons. The minimum absolute atomic E-state index is 0.230. The van der Waals surface area contributed by atoms with Crippen LogP contribution in [0.25, 0.3) is 0 Å². The van der Waals surface area contributed by atoms with Gasteiger partial charge in [-0.2, -0.15) is 11.8 Å². The third-order valence-electron chi connectivity index (χ3n) is 3.50. The Morgan fingerprint density at radius 1 is 1.50 bits per heavy atom. The minimum atomic E-state index is -0.263. The van der Waals surface area contributed by atoms with Gasteiger partial charge in [-0.1, -0.05) is 12.1 Å². The summed E-state index contributed by atoms with van der Waals surface area (Å²) in [5.74, 6) is 1.98. The first kappa shape index (κ1) is 11.9. The first-order chi connectivity index (χ1) is 8.72. The van der Waals surface area contributed by atoms with E-state index in [-0.39, 0.29) is 11.7 Å². The summed E-state index contributed by atoms with van der Waals surface area (Å²) in [6.07, 6.45) is 0.725. The number of hydrogen-bond acceptors (Lipinski definition) is 4. The van der Waals surface area contributed by atoms with E-state index in [0.29, 0.717) is 13.1 Å². The number of rotatable bonds is 2. The predicted molar refractivity (Wildman–Crippen MR) is 72.8 cm³/mol. The number of carbonyl (C=O) groups is 1. The zero-order chi connectivity index (χ0) is 12.6. The highest BCUT2D eigenvalue weighted by atomic mass is 32.2. The first-order valence-electron chi connectivity index (χ1n) is 6.10. The van der Waals surface area contributed by atoms with Crippen LogP contribution in [0.3, 0.4) is 0 Å². The van der Waals surface area contributed by atoms with Gasteiger partial charge in [-0.05, 0) is 29.9 Å². The molecule has 1 unspecified atom stereocenters. The lowest BCUT2D eigenvalue weighted by Gasteiger charge is -2.19. The second-order valence-electron chi connectivity index (χ2n) is 4.81. The molecule has 2 saturated heterocycles. The molecule has 0 aromatic heterocycles. The molecule has 18 heavy (non-hydrogen) atoms. The van der Waals surface area contributed by atoms with Crippen LogP contribution in [0.4, 0.5) is 10.5 Å². The summed E-state index contributed by atoms with van der Waals surface area (Å²) in [5, 5.41) is 0. The molecule has 4 nitrogen and oxygen atoms in total. The van der Waals surface area contributed by atoms with E-state index in [1.165, 1.54) is 0 Å². The maximum atomic E-state index is 12.0. The molecule has 2 N–H and O–H groups in total. The number of nitrogens with zero attached hydrogens (tertiary/aromatic N) is 1. The molecule has 5 heteroatoms. The predicted octanol–water partition coefficient (Wildman–Crippen LogP) is 1.98. The molecule has 2 fully saturated rings. The normalized spacial score (nSPS) is 26.9. The molecular formula is C13H16N2O2S. The number of hydrogen-bond donors (Lipinski definition) is 1. The molecule has 1 spiro atoms. The van der Waals surface area contributed by atoms with Crippen LogP contribution in [0.15, 0.2) is 24.3 Å². The summed E-state index contributed by atoms with van der Waals surface area (Å²) >= 11 is 1.85. The molecule has 1 amide bonds. The molecule has 0 bridgehead atoms. The van der Waals surface area contributed by atoms with Crippen LogP contribution in [0.1, 0.15) is 12.0 Å². The fourth-order valence-electron chi connectivity index (χ4n) is 2.47. The first-order valence-corrected chi connectivity index (χ1v) is 7.25. The molecule has 2 heterocycles. The molecule has 1 aromatic rings. The Balaban J connectivity index is 1.86. The van der Waals surface area contributed by atoms with Gasteiger partial charge in [0.25, 0.3) is 0 Å². The molecule has 1 atom stereocenters. The highest BCUT2D eigenvalue weighted by molar-refractivity contribution is 7.99. The van der Waals surface area contributed by atoms with Crippen LogP contribution >= 0.6 is 11.8 Å². The zero-order valence-electron chi connectivity index (χ0n) is 10.1. The van der Waals surface area contributed by atoms with Gasteiger partial charge in [0.05, 0.1) is 6.54 Å². The van der Waals surface area contributed by atoms with Gasteiger partial charge in [0.1, 0.15) is 5.60 Å². The number of carbonyl (C=O) groups excluding carboxylic acids is 1. The number of thioether (sulfide) groups is 1. The minimum Gasteiger partial charge on any atom is -0.440 e. The molecule has 2 aliphatic heterocycles. The van der Waals surface area contributed by atoms with Crippen LogP contribution in [0, 0.1) is 0 Å². The lowest BCUT2D eigenvalue weighted by molar-refractivity contribution is 0.0782. The molecule has 2 aliphatic rings. The van der Waals surface area contributed by atoms with E-state index < -0.39 is 0 Å².